The van der Waals surface area contributed by atoms with Gasteiger partial charge in [-0.3, -0.25) is 13.9 Å². The van der Waals surface area contributed by atoms with Crippen LogP contribution in [0.4, 0.5) is 10.1 Å². The number of benzene rings is 2. The van der Waals surface area contributed by atoms with Gasteiger partial charge in [-0.25, -0.2) is 12.8 Å². The average Bonchev–Trinajstić information content (AvgIpc) is 2.80. The maximum Gasteiger partial charge on any atom is 0.242 e. The molecule has 2 rings (SSSR count). The van der Waals surface area contributed by atoms with Crippen molar-refractivity contribution in [3.63, 3.8) is 0 Å². The number of sulfonamides is 1. The van der Waals surface area contributed by atoms with Gasteiger partial charge < -0.3 is 10.2 Å². The van der Waals surface area contributed by atoms with Crippen LogP contribution in [0.3, 0.4) is 0 Å². The van der Waals surface area contributed by atoms with Crippen molar-refractivity contribution in [2.75, 3.05) is 23.7 Å². The molecule has 11 heteroatoms. The highest BCUT2D eigenvalue weighted by Crippen LogP contribution is 2.24. The standard InChI is InChI=1S/C24H30Cl2FN3O4S/c1-4-13-28-24(32)17(2)29(16-18-7-12-21(25)22(26)15-18)23(31)6-5-14-30(35(3,33)34)20-10-8-19(27)9-11-20/h7-12,15,17H,4-6,13-14,16H2,1-3H3,(H,28,32)/t17-/m0/s1. The summed E-state index contributed by atoms with van der Waals surface area (Å²) in [6, 6.07) is 9.32. The minimum Gasteiger partial charge on any atom is -0.354 e. The van der Waals surface area contributed by atoms with Crippen molar-refractivity contribution >= 4 is 50.7 Å². The van der Waals surface area contributed by atoms with E-state index in [0.29, 0.717) is 27.8 Å². The molecule has 1 N–H and O–H groups in total. The lowest BCUT2D eigenvalue weighted by Crippen LogP contribution is -2.47. The fraction of sp³-hybridized carbons (Fsp3) is 0.417. The summed E-state index contributed by atoms with van der Waals surface area (Å²) in [5, 5.41) is 3.51. The molecule has 0 unspecified atom stereocenters. The van der Waals surface area contributed by atoms with E-state index in [9.17, 15) is 22.4 Å². The molecule has 35 heavy (non-hydrogen) atoms. The van der Waals surface area contributed by atoms with Gasteiger partial charge in [0.2, 0.25) is 21.8 Å². The quantitative estimate of drug-likeness (QED) is 0.421. The van der Waals surface area contributed by atoms with Crippen LogP contribution >= 0.6 is 23.2 Å². The first-order valence-corrected chi connectivity index (χ1v) is 13.8. The van der Waals surface area contributed by atoms with Crippen LogP contribution in [0.15, 0.2) is 42.5 Å². The molecule has 0 aliphatic rings. The van der Waals surface area contributed by atoms with E-state index in [1.54, 1.807) is 25.1 Å². The summed E-state index contributed by atoms with van der Waals surface area (Å²) in [4.78, 5) is 27.3. The smallest absolute Gasteiger partial charge is 0.242 e. The number of rotatable bonds is 12. The number of nitrogens with zero attached hydrogens (tertiary/aromatic N) is 2. The highest BCUT2D eigenvalue weighted by atomic mass is 35.5. The minimum absolute atomic E-state index is 0.0000651. The summed E-state index contributed by atoms with van der Waals surface area (Å²) in [6.45, 7) is 4.20. The van der Waals surface area contributed by atoms with Gasteiger partial charge in [0, 0.05) is 26.1 Å². The molecule has 192 valence electrons. The van der Waals surface area contributed by atoms with Crippen LogP contribution in [0.5, 0.6) is 0 Å². The summed E-state index contributed by atoms with van der Waals surface area (Å²) in [6.07, 6.45) is 2.00. The van der Waals surface area contributed by atoms with E-state index in [2.05, 4.69) is 5.32 Å². The zero-order valence-electron chi connectivity index (χ0n) is 19.9. The Balaban J connectivity index is 2.17. The Hall–Kier alpha value is -2.36. The molecule has 0 bridgehead atoms. The zero-order chi connectivity index (χ0) is 26.2. The van der Waals surface area contributed by atoms with Gasteiger partial charge in [-0.1, -0.05) is 36.2 Å². The van der Waals surface area contributed by atoms with Crippen LogP contribution in [0.1, 0.15) is 38.7 Å². The Bertz CT molecular complexity index is 1130. The zero-order valence-corrected chi connectivity index (χ0v) is 22.3. The van der Waals surface area contributed by atoms with Crippen LogP contribution in [-0.2, 0) is 26.2 Å². The van der Waals surface area contributed by atoms with Gasteiger partial charge in [0.15, 0.2) is 0 Å². The van der Waals surface area contributed by atoms with Crippen LogP contribution in [0.2, 0.25) is 10.0 Å². The van der Waals surface area contributed by atoms with Crippen molar-refractivity contribution in [2.45, 2.75) is 45.7 Å². The topological polar surface area (TPSA) is 86.8 Å². The molecule has 0 saturated heterocycles. The molecule has 2 aromatic rings. The summed E-state index contributed by atoms with van der Waals surface area (Å²) < 4.78 is 39.0. The van der Waals surface area contributed by atoms with E-state index in [1.807, 2.05) is 6.92 Å². The predicted octanol–water partition coefficient (Wildman–Crippen LogP) is 4.62. The van der Waals surface area contributed by atoms with Crippen LogP contribution < -0.4 is 9.62 Å². The van der Waals surface area contributed by atoms with Gasteiger partial charge in [-0.2, -0.15) is 0 Å². The van der Waals surface area contributed by atoms with Crippen LogP contribution in [-0.4, -0.2) is 50.5 Å². The first-order chi connectivity index (χ1) is 16.4. The Labute approximate surface area is 216 Å². The van der Waals surface area contributed by atoms with Crippen molar-refractivity contribution in [2.24, 2.45) is 0 Å². The maximum atomic E-state index is 13.3. The van der Waals surface area contributed by atoms with Gasteiger partial charge in [0.1, 0.15) is 11.9 Å². The monoisotopic (exact) mass is 545 g/mol. The summed E-state index contributed by atoms with van der Waals surface area (Å²) >= 11 is 12.1. The number of anilines is 1. The lowest BCUT2D eigenvalue weighted by molar-refractivity contribution is -0.140. The van der Waals surface area contributed by atoms with E-state index < -0.39 is 21.9 Å². The highest BCUT2D eigenvalue weighted by molar-refractivity contribution is 7.92. The van der Waals surface area contributed by atoms with E-state index in [1.165, 1.54) is 29.2 Å². The first kappa shape index (κ1) is 28.9. The molecule has 0 heterocycles. The maximum absolute atomic E-state index is 13.3. The fourth-order valence-corrected chi connectivity index (χ4v) is 4.71. The fourth-order valence-electron chi connectivity index (χ4n) is 3.42. The molecule has 0 saturated carbocycles. The number of nitrogens with one attached hydrogen (secondary N) is 1. The van der Waals surface area contributed by atoms with Crippen molar-refractivity contribution in [3.8, 4) is 0 Å². The third kappa shape index (κ3) is 8.66. The van der Waals surface area contributed by atoms with E-state index in [0.717, 1.165) is 17.0 Å². The average molecular weight is 546 g/mol. The molecule has 1 atom stereocenters. The number of halogens is 3. The van der Waals surface area contributed by atoms with Crippen LogP contribution in [0, 0.1) is 5.82 Å². The van der Waals surface area contributed by atoms with Crippen molar-refractivity contribution in [3.05, 3.63) is 63.9 Å². The third-order valence-electron chi connectivity index (χ3n) is 5.32. The predicted molar refractivity (Wildman–Crippen MR) is 138 cm³/mol. The van der Waals surface area contributed by atoms with Crippen LogP contribution in [0.25, 0.3) is 0 Å². The van der Waals surface area contributed by atoms with Gasteiger partial charge in [-0.05, 0) is 61.7 Å². The molecule has 2 amide bonds. The summed E-state index contributed by atoms with van der Waals surface area (Å²) in [5.74, 6) is -1.09. The molecule has 0 aliphatic carbocycles. The van der Waals surface area contributed by atoms with E-state index in [-0.39, 0.29) is 37.7 Å². The van der Waals surface area contributed by atoms with Gasteiger partial charge in [-0.15, -0.1) is 0 Å². The molecular weight excluding hydrogens is 516 g/mol. The van der Waals surface area contributed by atoms with Gasteiger partial charge >= 0.3 is 0 Å². The largest absolute Gasteiger partial charge is 0.354 e. The molecule has 2 aromatic carbocycles. The normalized spacial score (nSPS) is 12.2. The lowest BCUT2D eigenvalue weighted by Gasteiger charge is -2.29. The first-order valence-electron chi connectivity index (χ1n) is 11.2. The molecule has 7 nitrogen and oxygen atoms in total. The summed E-state index contributed by atoms with van der Waals surface area (Å²) in [7, 11) is -3.65. The number of hydrogen-bond acceptors (Lipinski definition) is 4. The molecule has 0 aliphatic heterocycles. The second kappa shape index (κ2) is 13.1. The van der Waals surface area contributed by atoms with Gasteiger partial charge in [0.25, 0.3) is 0 Å². The van der Waals surface area contributed by atoms with Crippen molar-refractivity contribution < 1.29 is 22.4 Å². The second-order valence-electron chi connectivity index (χ2n) is 8.15. The van der Waals surface area contributed by atoms with Crippen molar-refractivity contribution in [1.82, 2.24) is 10.2 Å². The lowest BCUT2D eigenvalue weighted by atomic mass is 10.1. The van der Waals surface area contributed by atoms with Crippen molar-refractivity contribution in [1.29, 1.82) is 0 Å². The van der Waals surface area contributed by atoms with E-state index in [4.69, 9.17) is 23.2 Å². The number of hydrogen-bond donors (Lipinski definition) is 1. The SMILES string of the molecule is CCCNC(=O)[C@H](C)N(Cc1ccc(Cl)c(Cl)c1)C(=O)CCCN(c1ccc(F)cc1)S(C)(=O)=O. The number of amides is 2. The molecular formula is C24H30Cl2FN3O4S. The summed E-state index contributed by atoms with van der Waals surface area (Å²) in [5.41, 5.74) is 1.01. The molecule has 0 fully saturated rings. The number of carbonyl (C=O) groups is 2. The number of carbonyl (C=O) groups excluding carboxylic acids is 2. The Kier molecular flexibility index (Phi) is 10.8. The molecule has 0 radical (unpaired) electrons. The van der Waals surface area contributed by atoms with Gasteiger partial charge in [0.05, 0.1) is 22.0 Å². The third-order valence-corrected chi connectivity index (χ3v) is 7.25. The molecule has 0 spiro atoms. The Morgan fingerprint density at radius 2 is 1.74 bits per heavy atom. The Morgan fingerprint density at radius 3 is 2.31 bits per heavy atom. The Morgan fingerprint density at radius 1 is 1.09 bits per heavy atom. The molecule has 0 aromatic heterocycles. The highest BCUT2D eigenvalue weighted by Gasteiger charge is 2.26. The van der Waals surface area contributed by atoms with E-state index >= 15 is 0 Å². The minimum atomic E-state index is -3.65. The second-order valence-corrected chi connectivity index (χ2v) is 10.9.